The molecule has 4 atom stereocenters. The molecule has 4 heterocycles. The van der Waals surface area contributed by atoms with Crippen molar-refractivity contribution in [3.63, 3.8) is 0 Å². The highest BCUT2D eigenvalue weighted by molar-refractivity contribution is 5.88. The Balaban J connectivity index is 0.000000161. The van der Waals surface area contributed by atoms with E-state index >= 15 is 0 Å². The van der Waals surface area contributed by atoms with Crippen molar-refractivity contribution in [2.45, 2.75) is 88.4 Å². The molecule has 0 spiro atoms. The van der Waals surface area contributed by atoms with Crippen LogP contribution in [0.5, 0.6) is 0 Å². The minimum Gasteiger partial charge on any atom is -0.382 e. The fraction of sp³-hybridized carbons (Fsp3) is 0.500. The van der Waals surface area contributed by atoms with Gasteiger partial charge in [0.1, 0.15) is 22.9 Å². The molecular weight excluding hydrogens is 508 g/mol. The first-order valence-electron chi connectivity index (χ1n) is 13.9. The van der Waals surface area contributed by atoms with Gasteiger partial charge < -0.3 is 31.1 Å². The van der Waals surface area contributed by atoms with E-state index in [0.717, 1.165) is 75.2 Å². The summed E-state index contributed by atoms with van der Waals surface area (Å²) in [4.78, 5) is 36.5. The third-order valence-corrected chi connectivity index (χ3v) is 8.16. The molecule has 208 valence electrons. The molecular formula is C28H34N10O2. The second-order valence-electron chi connectivity index (χ2n) is 10.6. The Kier molecular flexibility index (Phi) is 7.87. The van der Waals surface area contributed by atoms with E-state index in [1.807, 2.05) is 12.1 Å². The average Bonchev–Trinajstić information content (AvgIpc) is 3.24. The highest BCUT2D eigenvalue weighted by atomic mass is 16.1. The number of hydrogen-bond donors (Lipinski definition) is 4. The molecule has 0 bridgehead atoms. The van der Waals surface area contributed by atoms with Crippen LogP contribution < -0.4 is 22.6 Å². The van der Waals surface area contributed by atoms with Crippen molar-refractivity contribution in [2.24, 2.45) is 0 Å². The highest BCUT2D eigenvalue weighted by Crippen LogP contribution is 2.34. The van der Waals surface area contributed by atoms with Gasteiger partial charge >= 0.3 is 0 Å². The maximum absolute atomic E-state index is 11.9. The molecule has 40 heavy (non-hydrogen) atoms. The minimum absolute atomic E-state index is 0.0107. The Labute approximate surface area is 231 Å². The van der Waals surface area contributed by atoms with Gasteiger partial charge in [-0.15, -0.1) is 0 Å². The molecule has 2 aliphatic rings. The molecule has 0 radical (unpaired) electrons. The molecule has 4 aromatic heterocycles. The summed E-state index contributed by atoms with van der Waals surface area (Å²) in [7, 11) is 0. The summed E-state index contributed by atoms with van der Waals surface area (Å²) in [6, 6.07) is 3.48. The van der Waals surface area contributed by atoms with Crippen molar-refractivity contribution in [3.05, 3.63) is 68.1 Å². The normalized spacial score (nSPS) is 23.4. The SMILES string of the molecule is [C-]#[N+][C@@H]1CCCCC[C@@H]1n1nc(N)c2c(=O)[nH]ccc21.[C-]#[N+][C@H]1CCCCC[C@@H]1n1nc(N)c2c(=O)[nH]ccc21. The molecule has 12 heteroatoms. The fourth-order valence-electron chi connectivity index (χ4n) is 6.17. The second-order valence-corrected chi connectivity index (χ2v) is 10.6. The van der Waals surface area contributed by atoms with Gasteiger partial charge in [-0.05, 0) is 37.8 Å². The van der Waals surface area contributed by atoms with Gasteiger partial charge in [-0.25, -0.2) is 13.1 Å². The zero-order chi connectivity index (χ0) is 28.2. The molecule has 0 amide bonds. The molecule has 2 saturated carbocycles. The molecule has 6 rings (SSSR count). The summed E-state index contributed by atoms with van der Waals surface area (Å²) in [5, 5.41) is 9.55. The largest absolute Gasteiger partial charge is 0.382 e. The Hall–Kier alpha value is -4.58. The van der Waals surface area contributed by atoms with E-state index in [0.29, 0.717) is 10.8 Å². The number of nitrogens with one attached hydrogen (secondary N) is 2. The van der Waals surface area contributed by atoms with Gasteiger partial charge in [-0.1, -0.05) is 25.7 Å². The van der Waals surface area contributed by atoms with E-state index in [4.69, 9.17) is 24.6 Å². The van der Waals surface area contributed by atoms with Crippen LogP contribution in [-0.4, -0.2) is 41.6 Å². The standard InChI is InChI=1S/2C14H17N5O/c2*1-16-9-5-3-2-4-6-10(9)19-11-7-8-17-14(20)12(11)13(15)18-19/h2*7-10H,2-6H2,(H2,15,18)(H,17,20)/t9-,10+;9-,10-/m10/s1. The van der Waals surface area contributed by atoms with Crippen LogP contribution in [0.2, 0.25) is 0 Å². The lowest BCUT2D eigenvalue weighted by atomic mass is 10.0. The summed E-state index contributed by atoms with van der Waals surface area (Å²) in [6.45, 7) is 14.8. The number of nitrogens with zero attached hydrogens (tertiary/aromatic N) is 6. The predicted molar refractivity (Wildman–Crippen MR) is 155 cm³/mol. The Morgan fingerprint density at radius 1 is 0.700 bits per heavy atom. The molecule has 0 aromatic carbocycles. The van der Waals surface area contributed by atoms with Crippen LogP contribution in [0.25, 0.3) is 31.5 Å². The van der Waals surface area contributed by atoms with Crippen molar-refractivity contribution in [1.82, 2.24) is 29.5 Å². The Morgan fingerprint density at radius 2 is 1.10 bits per heavy atom. The number of fused-ring (bicyclic) bond motifs is 2. The number of rotatable bonds is 2. The smallest absolute Gasteiger partial charge is 0.261 e. The van der Waals surface area contributed by atoms with Crippen LogP contribution in [0.1, 0.15) is 76.3 Å². The molecule has 4 aromatic rings. The molecule has 6 N–H and O–H groups in total. The molecule has 12 nitrogen and oxygen atoms in total. The maximum atomic E-state index is 11.9. The van der Waals surface area contributed by atoms with E-state index < -0.39 is 0 Å². The summed E-state index contributed by atoms with van der Waals surface area (Å²) in [5.41, 5.74) is 12.8. The van der Waals surface area contributed by atoms with Crippen molar-refractivity contribution >= 4 is 33.4 Å². The first-order valence-corrected chi connectivity index (χ1v) is 13.9. The third-order valence-electron chi connectivity index (χ3n) is 8.16. The van der Waals surface area contributed by atoms with E-state index in [1.54, 1.807) is 21.8 Å². The number of nitrogens with two attached hydrogens (primary N) is 2. The number of aromatic nitrogens is 6. The van der Waals surface area contributed by atoms with Gasteiger partial charge in [0.15, 0.2) is 11.6 Å². The highest BCUT2D eigenvalue weighted by Gasteiger charge is 2.33. The third kappa shape index (κ3) is 5.05. The Bertz CT molecular complexity index is 1570. The summed E-state index contributed by atoms with van der Waals surface area (Å²) < 4.78 is 3.60. The molecule has 0 unspecified atom stereocenters. The number of H-pyrrole nitrogens is 2. The monoisotopic (exact) mass is 542 g/mol. The topological polar surface area (TPSA) is 162 Å². The maximum Gasteiger partial charge on any atom is 0.261 e. The quantitative estimate of drug-likeness (QED) is 0.219. The van der Waals surface area contributed by atoms with Crippen LogP contribution >= 0.6 is 0 Å². The average molecular weight is 543 g/mol. The molecule has 0 saturated heterocycles. The number of hydrogen-bond acceptors (Lipinski definition) is 6. The lowest BCUT2D eigenvalue weighted by Gasteiger charge is -2.17. The summed E-state index contributed by atoms with van der Waals surface area (Å²) >= 11 is 0. The van der Waals surface area contributed by atoms with Gasteiger partial charge in [0.2, 0.25) is 12.1 Å². The van der Waals surface area contributed by atoms with Gasteiger partial charge in [0, 0.05) is 25.2 Å². The first-order chi connectivity index (χ1) is 19.4. The van der Waals surface area contributed by atoms with Gasteiger partial charge in [-0.3, -0.25) is 19.0 Å². The minimum atomic E-state index is -0.223. The van der Waals surface area contributed by atoms with Crippen LogP contribution in [0.15, 0.2) is 34.1 Å². The molecule has 0 aliphatic heterocycles. The van der Waals surface area contributed by atoms with E-state index in [1.165, 1.54) is 0 Å². The number of pyridine rings is 2. The van der Waals surface area contributed by atoms with Crippen molar-refractivity contribution in [2.75, 3.05) is 11.5 Å². The van der Waals surface area contributed by atoms with E-state index in [2.05, 4.69) is 29.9 Å². The van der Waals surface area contributed by atoms with Crippen molar-refractivity contribution in [3.8, 4) is 0 Å². The zero-order valence-electron chi connectivity index (χ0n) is 22.3. The van der Waals surface area contributed by atoms with Crippen molar-refractivity contribution < 1.29 is 0 Å². The van der Waals surface area contributed by atoms with Gasteiger partial charge in [0.05, 0.1) is 11.0 Å². The van der Waals surface area contributed by atoms with Crippen LogP contribution in [0.4, 0.5) is 11.6 Å². The molecule has 2 aliphatic carbocycles. The summed E-state index contributed by atoms with van der Waals surface area (Å²) in [5.74, 6) is 0.490. The van der Waals surface area contributed by atoms with Crippen molar-refractivity contribution in [1.29, 1.82) is 0 Å². The molecule has 2 fully saturated rings. The summed E-state index contributed by atoms with van der Waals surface area (Å²) in [6.07, 6.45) is 13.4. The number of anilines is 2. The fourth-order valence-corrected chi connectivity index (χ4v) is 6.17. The van der Waals surface area contributed by atoms with Crippen LogP contribution in [0, 0.1) is 13.1 Å². The lowest BCUT2D eigenvalue weighted by molar-refractivity contribution is 0.400. The second kappa shape index (κ2) is 11.7. The van der Waals surface area contributed by atoms with Gasteiger partial charge in [0.25, 0.3) is 11.1 Å². The van der Waals surface area contributed by atoms with Crippen LogP contribution in [-0.2, 0) is 0 Å². The van der Waals surface area contributed by atoms with Crippen LogP contribution in [0.3, 0.4) is 0 Å². The predicted octanol–water partition coefficient (Wildman–Crippen LogP) is 4.20. The Morgan fingerprint density at radius 3 is 1.50 bits per heavy atom. The lowest BCUT2D eigenvalue weighted by Crippen LogP contribution is -2.22. The van der Waals surface area contributed by atoms with E-state index in [-0.39, 0.29) is 46.9 Å². The zero-order valence-corrected chi connectivity index (χ0v) is 22.3. The number of aromatic amines is 2. The number of nitrogen functional groups attached to an aromatic ring is 2. The first kappa shape index (κ1) is 27.0. The van der Waals surface area contributed by atoms with Gasteiger partial charge in [-0.2, -0.15) is 10.2 Å². The van der Waals surface area contributed by atoms with E-state index in [9.17, 15) is 9.59 Å².